The van der Waals surface area contributed by atoms with Gasteiger partial charge >= 0.3 is 5.97 Å². The zero-order chi connectivity index (χ0) is 28.6. The van der Waals surface area contributed by atoms with Crippen LogP contribution in [0.4, 0.5) is 5.69 Å². The molecule has 0 spiro atoms. The Bertz CT molecular complexity index is 1010. The molecule has 3 fully saturated rings. The van der Waals surface area contributed by atoms with Crippen LogP contribution in [-0.4, -0.2) is 60.8 Å². The molecule has 10 nitrogen and oxygen atoms in total. The van der Waals surface area contributed by atoms with Crippen LogP contribution < -0.4 is 27.4 Å². The van der Waals surface area contributed by atoms with Gasteiger partial charge in [-0.2, -0.15) is 0 Å². The lowest BCUT2D eigenvalue weighted by Crippen LogP contribution is -2.49. The van der Waals surface area contributed by atoms with Crippen molar-refractivity contribution in [1.82, 2.24) is 10.6 Å². The van der Waals surface area contributed by atoms with Crippen molar-refractivity contribution in [1.29, 1.82) is 0 Å². The fourth-order valence-electron chi connectivity index (χ4n) is 3.85. The minimum Gasteiger partial charge on any atom is -0.480 e. The van der Waals surface area contributed by atoms with E-state index in [4.69, 9.17) is 16.2 Å². The highest BCUT2D eigenvalue weighted by Gasteiger charge is 2.27. The summed E-state index contributed by atoms with van der Waals surface area (Å²) in [6, 6.07) is 6.49. The zero-order valence-corrected chi connectivity index (χ0v) is 23.1. The largest absolute Gasteiger partial charge is 0.480 e. The van der Waals surface area contributed by atoms with Crippen LogP contribution in [0.25, 0.3) is 0 Å². The Kier molecular flexibility index (Phi) is 13.8. The maximum Gasteiger partial charge on any atom is 0.326 e. The van der Waals surface area contributed by atoms with Crippen LogP contribution in [0, 0.1) is 0 Å². The first kappa shape index (κ1) is 31.6. The lowest BCUT2D eigenvalue weighted by atomic mass is 9.93. The molecular weight excluding hydrogens is 496 g/mol. The van der Waals surface area contributed by atoms with Gasteiger partial charge in [0.15, 0.2) is 5.96 Å². The third-order valence-electron chi connectivity index (χ3n) is 6.39. The molecule has 8 N–H and O–H groups in total. The standard InChI is InChI=1S/C19H25N3O3.C7H10O.C3H9N3/c23-18(16-5-2-10-20-16)22-17(19(24)25)11-13-6-8-15(9-7-13)21-12-14-3-1-4-14;1-3-4-6(2)7-5-8-7;1-2-6-3(4)5/h6-9,12,16-17,20-21H,1-5,10-11H2,(H,22,23)(H,24,25);3-4,7H,1,5H2,2H3;2H2,1H3,(H4,4,5,6)/b;6-4+;. The van der Waals surface area contributed by atoms with E-state index in [1.54, 1.807) is 6.08 Å². The second-order valence-electron chi connectivity index (χ2n) is 9.62. The van der Waals surface area contributed by atoms with Crippen molar-refractivity contribution < 1.29 is 19.4 Å². The third-order valence-corrected chi connectivity index (χ3v) is 6.39. The highest BCUT2D eigenvalue weighted by atomic mass is 16.6. The van der Waals surface area contributed by atoms with E-state index in [9.17, 15) is 14.7 Å². The zero-order valence-electron chi connectivity index (χ0n) is 23.1. The average molecular weight is 541 g/mol. The maximum absolute atomic E-state index is 12.1. The Balaban J connectivity index is 0.000000312. The second kappa shape index (κ2) is 17.1. The molecule has 2 heterocycles. The number of guanidine groups is 1. The van der Waals surface area contributed by atoms with E-state index in [1.165, 1.54) is 30.4 Å². The van der Waals surface area contributed by atoms with Gasteiger partial charge in [-0.15, -0.1) is 0 Å². The van der Waals surface area contributed by atoms with Crippen LogP contribution in [0.1, 0.15) is 51.5 Å². The Morgan fingerprint density at radius 3 is 2.38 bits per heavy atom. The number of carbonyl (C=O) groups excluding carboxylic acids is 1. The van der Waals surface area contributed by atoms with Crippen molar-refractivity contribution in [2.24, 2.45) is 16.5 Å². The summed E-state index contributed by atoms with van der Waals surface area (Å²) in [5, 5.41) is 18.4. The van der Waals surface area contributed by atoms with E-state index in [-0.39, 0.29) is 24.3 Å². The lowest BCUT2D eigenvalue weighted by molar-refractivity contribution is -0.142. The summed E-state index contributed by atoms with van der Waals surface area (Å²) in [7, 11) is 0. The maximum atomic E-state index is 12.1. The van der Waals surface area contributed by atoms with Gasteiger partial charge in [0.1, 0.15) is 12.1 Å². The number of nitrogens with two attached hydrogens (primary N) is 2. The number of allylic oxidation sites excluding steroid dienone is 3. The molecule has 214 valence electrons. The SMILES string of the molecule is C=C/C=C(\C)C1CO1.CCN=C(N)N.O=C(O)C(Cc1ccc(NC=C2CCC2)cc1)NC(=O)C1CCCN1. The Labute approximate surface area is 231 Å². The smallest absolute Gasteiger partial charge is 0.326 e. The van der Waals surface area contributed by atoms with Gasteiger partial charge in [-0.3, -0.25) is 9.79 Å². The number of nitrogens with zero attached hydrogens (tertiary/aromatic N) is 1. The van der Waals surface area contributed by atoms with Crippen LogP contribution in [0.15, 0.2) is 65.3 Å². The van der Waals surface area contributed by atoms with Crippen LogP contribution in [0.2, 0.25) is 0 Å². The van der Waals surface area contributed by atoms with Crippen molar-refractivity contribution in [3.05, 3.63) is 65.9 Å². The highest BCUT2D eigenvalue weighted by molar-refractivity contribution is 5.87. The molecule has 3 unspecified atom stereocenters. The van der Waals surface area contributed by atoms with E-state index in [1.807, 2.05) is 43.5 Å². The van der Waals surface area contributed by atoms with Crippen LogP contribution in [-0.2, 0) is 20.7 Å². The van der Waals surface area contributed by atoms with Gasteiger partial charge in [0, 0.05) is 24.9 Å². The van der Waals surface area contributed by atoms with Gasteiger partial charge < -0.3 is 37.3 Å². The number of ether oxygens (including phenoxy) is 1. The quantitative estimate of drug-likeness (QED) is 0.114. The summed E-state index contributed by atoms with van der Waals surface area (Å²) >= 11 is 0. The van der Waals surface area contributed by atoms with Crippen molar-refractivity contribution in [3.8, 4) is 0 Å². The van der Waals surface area contributed by atoms with Crippen LogP contribution in [0.3, 0.4) is 0 Å². The number of hydrogen-bond acceptors (Lipinski definition) is 6. The van der Waals surface area contributed by atoms with E-state index in [0.717, 1.165) is 37.2 Å². The average Bonchev–Trinajstić information content (AvgIpc) is 3.58. The van der Waals surface area contributed by atoms with Crippen molar-refractivity contribution in [2.45, 2.75) is 70.6 Å². The predicted molar refractivity (Wildman–Crippen MR) is 156 cm³/mol. The second-order valence-corrected chi connectivity index (χ2v) is 9.62. The van der Waals surface area contributed by atoms with Crippen LogP contribution >= 0.6 is 0 Å². The number of aliphatic carboxylic acids is 1. The van der Waals surface area contributed by atoms with E-state index >= 15 is 0 Å². The van der Waals surface area contributed by atoms with Crippen molar-refractivity contribution in [3.63, 3.8) is 0 Å². The summed E-state index contributed by atoms with van der Waals surface area (Å²) in [5.41, 5.74) is 14.4. The third kappa shape index (κ3) is 12.6. The molecule has 39 heavy (non-hydrogen) atoms. The molecule has 2 saturated heterocycles. The number of rotatable bonds is 10. The van der Waals surface area contributed by atoms with Crippen molar-refractivity contribution in [2.75, 3.05) is 25.0 Å². The lowest BCUT2D eigenvalue weighted by Gasteiger charge is -2.18. The fraction of sp³-hybridized carbons (Fsp3) is 0.483. The number of aliphatic imine (C=N–C) groups is 1. The summed E-state index contributed by atoms with van der Waals surface area (Å²) in [6.07, 6.45) is 11.8. The summed E-state index contributed by atoms with van der Waals surface area (Å²) in [4.78, 5) is 27.2. The van der Waals surface area contributed by atoms with Gasteiger partial charge in [-0.25, -0.2) is 4.79 Å². The van der Waals surface area contributed by atoms with Crippen LogP contribution in [0.5, 0.6) is 0 Å². The molecule has 2 aliphatic heterocycles. The van der Waals surface area contributed by atoms with E-state index in [2.05, 4.69) is 34.4 Å². The fourth-order valence-corrected chi connectivity index (χ4v) is 3.85. The summed E-state index contributed by atoms with van der Waals surface area (Å²) < 4.78 is 5.01. The Morgan fingerprint density at radius 1 is 1.26 bits per heavy atom. The number of carbonyl (C=O) groups is 2. The van der Waals surface area contributed by atoms with Gasteiger partial charge in [0.25, 0.3) is 0 Å². The molecular formula is C29H44N6O4. The summed E-state index contributed by atoms with van der Waals surface area (Å²) in [6.45, 7) is 9.88. The highest BCUT2D eigenvalue weighted by Crippen LogP contribution is 2.25. The molecule has 4 rings (SSSR count). The van der Waals surface area contributed by atoms with Crippen molar-refractivity contribution >= 4 is 23.5 Å². The molecule has 1 amide bonds. The molecule has 0 radical (unpaired) electrons. The molecule has 10 heteroatoms. The number of benzene rings is 1. The normalized spacial score (nSPS) is 19.9. The molecule has 0 aromatic heterocycles. The number of anilines is 1. The topological polar surface area (TPSA) is 167 Å². The molecule has 1 saturated carbocycles. The van der Waals surface area contributed by atoms with E-state index < -0.39 is 12.0 Å². The van der Waals surface area contributed by atoms with Gasteiger partial charge in [-0.1, -0.05) is 36.4 Å². The molecule has 1 aromatic carbocycles. The molecule has 1 aliphatic carbocycles. The van der Waals surface area contributed by atoms with E-state index in [0.29, 0.717) is 12.6 Å². The van der Waals surface area contributed by atoms with Gasteiger partial charge in [-0.05, 0) is 75.8 Å². The first-order chi connectivity index (χ1) is 18.7. The predicted octanol–water partition coefficient (Wildman–Crippen LogP) is 2.83. The first-order valence-corrected chi connectivity index (χ1v) is 13.5. The molecule has 3 aliphatic rings. The first-order valence-electron chi connectivity index (χ1n) is 13.5. The number of carboxylic acids is 1. The molecule has 3 atom stereocenters. The number of amides is 1. The number of nitrogens with one attached hydrogen (secondary N) is 3. The van der Waals surface area contributed by atoms with Gasteiger partial charge in [0.2, 0.25) is 5.91 Å². The summed E-state index contributed by atoms with van der Waals surface area (Å²) in [5.74, 6) is -1.07. The Morgan fingerprint density at radius 2 is 1.95 bits per heavy atom. The minimum atomic E-state index is -1.01. The Hall–Kier alpha value is -3.63. The van der Waals surface area contributed by atoms with Gasteiger partial charge in [0.05, 0.1) is 12.6 Å². The molecule has 0 bridgehead atoms. The number of epoxide rings is 1. The monoisotopic (exact) mass is 540 g/mol. The molecule has 1 aromatic rings. The minimum absolute atomic E-state index is 0.164. The number of carboxylic acid groups (broad SMARTS) is 1. The number of hydrogen-bond donors (Lipinski definition) is 6.